The van der Waals surface area contributed by atoms with Crippen LogP contribution in [0.3, 0.4) is 0 Å². The third-order valence-corrected chi connectivity index (χ3v) is 7.94. The second kappa shape index (κ2) is 9.38. The van der Waals surface area contributed by atoms with Crippen molar-refractivity contribution in [3.8, 4) is 0 Å². The normalized spacial score (nSPS) is 18.0. The summed E-state index contributed by atoms with van der Waals surface area (Å²) in [6.07, 6.45) is 2.73. The predicted molar refractivity (Wildman–Crippen MR) is 118 cm³/mol. The Labute approximate surface area is 187 Å². The maximum absolute atomic E-state index is 13.1. The Morgan fingerprint density at radius 1 is 0.938 bits per heavy atom. The number of carbonyl (C=O) groups excluding carboxylic acids is 2. The van der Waals surface area contributed by atoms with E-state index in [-0.39, 0.29) is 22.6 Å². The van der Waals surface area contributed by atoms with Gasteiger partial charge in [-0.05, 0) is 68.1 Å². The van der Waals surface area contributed by atoms with Gasteiger partial charge in [0.25, 0.3) is 5.91 Å². The summed E-state index contributed by atoms with van der Waals surface area (Å²) < 4.78 is 40.1. The van der Waals surface area contributed by atoms with E-state index in [0.717, 1.165) is 12.8 Å². The first-order valence-electron chi connectivity index (χ1n) is 10.8. The Balaban J connectivity index is 1.35. The fourth-order valence-electron chi connectivity index (χ4n) is 4.18. The number of nitrogens with zero attached hydrogens (tertiary/aromatic N) is 2. The van der Waals surface area contributed by atoms with Gasteiger partial charge in [-0.2, -0.15) is 4.31 Å². The molecule has 2 heterocycles. The van der Waals surface area contributed by atoms with Crippen molar-refractivity contribution in [2.75, 3.05) is 31.5 Å². The number of likely N-dealkylation sites (tertiary alicyclic amines) is 1. The van der Waals surface area contributed by atoms with Crippen LogP contribution in [0.25, 0.3) is 0 Å². The van der Waals surface area contributed by atoms with Crippen LogP contribution in [-0.2, 0) is 14.8 Å². The van der Waals surface area contributed by atoms with Gasteiger partial charge in [-0.15, -0.1) is 0 Å². The number of hydrogen-bond acceptors (Lipinski definition) is 4. The molecule has 0 unspecified atom stereocenters. The van der Waals surface area contributed by atoms with Crippen LogP contribution in [-0.4, -0.2) is 55.6 Å². The zero-order chi connectivity index (χ0) is 22.7. The lowest BCUT2D eigenvalue weighted by Crippen LogP contribution is -2.41. The van der Waals surface area contributed by atoms with Gasteiger partial charge in [-0.1, -0.05) is 6.07 Å². The molecule has 1 N–H and O–H groups in total. The number of rotatable bonds is 5. The minimum Gasteiger partial charge on any atom is -0.339 e. The van der Waals surface area contributed by atoms with E-state index in [1.54, 1.807) is 23.1 Å². The number of halogens is 1. The van der Waals surface area contributed by atoms with E-state index in [0.29, 0.717) is 50.3 Å². The molecule has 2 amide bonds. The maximum Gasteiger partial charge on any atom is 0.253 e. The lowest BCUT2D eigenvalue weighted by atomic mass is 9.95. The van der Waals surface area contributed by atoms with Crippen molar-refractivity contribution < 1.29 is 22.4 Å². The van der Waals surface area contributed by atoms with Crippen molar-refractivity contribution in [1.82, 2.24) is 9.21 Å². The van der Waals surface area contributed by atoms with Crippen LogP contribution in [0.15, 0.2) is 53.4 Å². The summed E-state index contributed by atoms with van der Waals surface area (Å²) >= 11 is 0. The van der Waals surface area contributed by atoms with Gasteiger partial charge in [0.2, 0.25) is 15.9 Å². The Bertz CT molecular complexity index is 1090. The summed E-state index contributed by atoms with van der Waals surface area (Å²) in [5.74, 6) is -1.03. The lowest BCUT2D eigenvalue weighted by Gasteiger charge is -2.31. The molecule has 0 bridgehead atoms. The fourth-order valence-corrected chi connectivity index (χ4v) is 5.74. The molecule has 0 aromatic heterocycles. The number of sulfonamides is 1. The highest BCUT2D eigenvalue weighted by atomic mass is 32.2. The van der Waals surface area contributed by atoms with Crippen LogP contribution in [0, 0.1) is 11.7 Å². The number of carbonyl (C=O) groups is 2. The van der Waals surface area contributed by atoms with Gasteiger partial charge in [-0.25, -0.2) is 12.8 Å². The number of amides is 2. The first-order chi connectivity index (χ1) is 15.3. The summed E-state index contributed by atoms with van der Waals surface area (Å²) in [5.41, 5.74) is 0.866. The molecule has 2 aliphatic rings. The topological polar surface area (TPSA) is 86.8 Å². The average Bonchev–Trinajstić information content (AvgIpc) is 3.35. The van der Waals surface area contributed by atoms with Gasteiger partial charge >= 0.3 is 0 Å². The number of benzene rings is 2. The van der Waals surface area contributed by atoms with Crippen molar-refractivity contribution in [1.29, 1.82) is 0 Å². The summed E-state index contributed by atoms with van der Waals surface area (Å²) in [4.78, 5) is 27.2. The Morgan fingerprint density at radius 2 is 1.59 bits per heavy atom. The van der Waals surface area contributed by atoms with Crippen molar-refractivity contribution in [2.24, 2.45) is 5.92 Å². The Morgan fingerprint density at radius 3 is 2.25 bits per heavy atom. The summed E-state index contributed by atoms with van der Waals surface area (Å²) in [6, 6.07) is 11.8. The number of piperidine rings is 1. The Kier molecular flexibility index (Phi) is 6.57. The van der Waals surface area contributed by atoms with Crippen LogP contribution in [0.2, 0.25) is 0 Å². The van der Waals surface area contributed by atoms with E-state index >= 15 is 0 Å². The molecule has 2 aromatic rings. The molecule has 0 radical (unpaired) electrons. The van der Waals surface area contributed by atoms with Crippen LogP contribution < -0.4 is 5.32 Å². The molecule has 170 valence electrons. The summed E-state index contributed by atoms with van der Waals surface area (Å²) in [7, 11) is -3.55. The largest absolute Gasteiger partial charge is 0.339 e. The highest BCUT2D eigenvalue weighted by Crippen LogP contribution is 2.25. The molecular weight excluding hydrogens is 433 g/mol. The molecule has 7 nitrogen and oxygen atoms in total. The average molecular weight is 460 g/mol. The number of anilines is 1. The van der Waals surface area contributed by atoms with E-state index in [2.05, 4.69) is 5.32 Å². The van der Waals surface area contributed by atoms with Crippen molar-refractivity contribution >= 4 is 27.5 Å². The second-order valence-electron chi connectivity index (χ2n) is 8.20. The minimum atomic E-state index is -3.55. The molecule has 32 heavy (non-hydrogen) atoms. The number of hydrogen-bond donors (Lipinski definition) is 1. The SMILES string of the molecule is O=C(Nc1cccc(S(=O)(=O)N2CCCC2)c1)C1CCN(C(=O)c2ccc(F)cc2)CC1. The first-order valence-corrected chi connectivity index (χ1v) is 12.2. The minimum absolute atomic E-state index is 0.177. The molecule has 2 saturated heterocycles. The van der Waals surface area contributed by atoms with Gasteiger partial charge in [-0.3, -0.25) is 9.59 Å². The van der Waals surface area contributed by atoms with E-state index in [4.69, 9.17) is 0 Å². The molecule has 4 rings (SSSR count). The summed E-state index contributed by atoms with van der Waals surface area (Å²) in [6.45, 7) is 1.90. The van der Waals surface area contributed by atoms with Gasteiger partial charge in [0, 0.05) is 43.3 Å². The predicted octanol–water partition coefficient (Wildman–Crippen LogP) is 3.10. The standard InChI is InChI=1S/C23H26FN3O4S/c24-19-8-6-18(7-9-19)23(29)26-14-10-17(11-15-26)22(28)25-20-4-3-5-21(16-20)32(30,31)27-12-1-2-13-27/h3-9,16-17H,1-2,10-15H2,(H,25,28). The second-order valence-corrected chi connectivity index (χ2v) is 10.1. The lowest BCUT2D eigenvalue weighted by molar-refractivity contribution is -0.121. The number of nitrogens with one attached hydrogen (secondary N) is 1. The fraction of sp³-hybridized carbons (Fsp3) is 0.391. The molecule has 0 atom stereocenters. The Hall–Kier alpha value is -2.78. The zero-order valence-corrected chi connectivity index (χ0v) is 18.5. The van der Waals surface area contributed by atoms with Crippen molar-refractivity contribution in [3.05, 3.63) is 59.9 Å². The quantitative estimate of drug-likeness (QED) is 0.745. The summed E-state index contributed by atoms with van der Waals surface area (Å²) in [5, 5.41) is 2.83. The van der Waals surface area contributed by atoms with Crippen molar-refractivity contribution in [2.45, 2.75) is 30.6 Å². The molecule has 0 saturated carbocycles. The van der Waals surface area contributed by atoms with Gasteiger partial charge in [0.1, 0.15) is 5.82 Å². The van der Waals surface area contributed by atoms with Crippen LogP contribution in [0.5, 0.6) is 0 Å². The van der Waals surface area contributed by atoms with E-state index in [1.807, 2.05) is 0 Å². The van der Waals surface area contributed by atoms with Crippen LogP contribution in [0.1, 0.15) is 36.0 Å². The van der Waals surface area contributed by atoms with Gasteiger partial charge < -0.3 is 10.2 Å². The van der Waals surface area contributed by atoms with Crippen molar-refractivity contribution in [3.63, 3.8) is 0 Å². The van der Waals surface area contributed by atoms with Gasteiger partial charge in [0.05, 0.1) is 4.90 Å². The highest BCUT2D eigenvalue weighted by Gasteiger charge is 2.29. The first kappa shape index (κ1) is 22.4. The third-order valence-electron chi connectivity index (χ3n) is 6.05. The molecule has 2 fully saturated rings. The molecule has 2 aliphatic heterocycles. The van der Waals surface area contributed by atoms with E-state index < -0.39 is 15.8 Å². The highest BCUT2D eigenvalue weighted by molar-refractivity contribution is 7.89. The molecule has 0 spiro atoms. The molecule has 2 aromatic carbocycles. The van der Waals surface area contributed by atoms with E-state index in [1.165, 1.54) is 34.6 Å². The van der Waals surface area contributed by atoms with Crippen LogP contribution in [0.4, 0.5) is 10.1 Å². The monoisotopic (exact) mass is 459 g/mol. The maximum atomic E-state index is 13.1. The molecule has 0 aliphatic carbocycles. The molecule has 9 heteroatoms. The van der Waals surface area contributed by atoms with Crippen LogP contribution >= 0.6 is 0 Å². The van der Waals surface area contributed by atoms with E-state index in [9.17, 15) is 22.4 Å². The van der Waals surface area contributed by atoms with Gasteiger partial charge in [0.15, 0.2) is 0 Å². The smallest absolute Gasteiger partial charge is 0.253 e. The zero-order valence-electron chi connectivity index (χ0n) is 17.7. The third kappa shape index (κ3) is 4.83. The molecular formula is C23H26FN3O4S.